The Morgan fingerprint density at radius 2 is 2.38 bits per heavy atom. The van der Waals surface area contributed by atoms with Crippen LogP contribution in [0.15, 0.2) is 23.6 Å². The summed E-state index contributed by atoms with van der Waals surface area (Å²) in [5.74, 6) is -0.0864. The molecule has 2 N–H and O–H groups in total. The number of rotatable bonds is 5. The van der Waals surface area contributed by atoms with Crippen molar-refractivity contribution in [3.8, 4) is 6.07 Å². The van der Waals surface area contributed by atoms with Crippen molar-refractivity contribution < 1.29 is 9.90 Å². The fourth-order valence-corrected chi connectivity index (χ4v) is 3.52. The number of carboxylic acid groups (broad SMARTS) is 1. The summed E-state index contributed by atoms with van der Waals surface area (Å²) in [5.41, 5.74) is 1.01. The third kappa shape index (κ3) is 3.88. The van der Waals surface area contributed by atoms with Crippen LogP contribution in [0.5, 0.6) is 0 Å². The number of anilines is 2. The van der Waals surface area contributed by atoms with Crippen molar-refractivity contribution in [3.63, 3.8) is 0 Å². The van der Waals surface area contributed by atoms with Gasteiger partial charge in [-0.3, -0.25) is 4.90 Å². The van der Waals surface area contributed by atoms with Crippen molar-refractivity contribution in [1.82, 2.24) is 14.9 Å². The van der Waals surface area contributed by atoms with Gasteiger partial charge in [-0.25, -0.2) is 14.8 Å². The molecule has 3 rings (SSSR count). The standard InChI is InChI=1S/C16H17N5O2S/c17-6-8-21-7-2-3-11(9-21)12-4-1-5-14(18-12)20-16-19-13(10-24-16)15(22)23/h1,4-5,10-11H,2-3,7-9H2,(H,22,23)(H,18,19,20). The molecule has 0 aromatic carbocycles. The zero-order chi connectivity index (χ0) is 16.9. The van der Waals surface area contributed by atoms with Gasteiger partial charge in [0.15, 0.2) is 10.8 Å². The molecule has 0 saturated carbocycles. The fourth-order valence-electron chi connectivity index (χ4n) is 2.83. The van der Waals surface area contributed by atoms with Crippen LogP contribution in [0.1, 0.15) is 34.9 Å². The smallest absolute Gasteiger partial charge is 0.355 e. The van der Waals surface area contributed by atoms with E-state index in [1.807, 2.05) is 18.2 Å². The van der Waals surface area contributed by atoms with Crippen molar-refractivity contribution in [2.45, 2.75) is 18.8 Å². The maximum Gasteiger partial charge on any atom is 0.355 e. The fraction of sp³-hybridized carbons (Fsp3) is 0.375. The number of likely N-dealkylation sites (tertiary alicyclic amines) is 1. The van der Waals surface area contributed by atoms with Crippen molar-refractivity contribution >= 4 is 28.3 Å². The van der Waals surface area contributed by atoms with Crippen LogP contribution in [0.4, 0.5) is 10.9 Å². The summed E-state index contributed by atoms with van der Waals surface area (Å²) in [7, 11) is 0. The number of aromatic nitrogens is 2. The molecule has 1 saturated heterocycles. The first-order valence-corrected chi connectivity index (χ1v) is 8.56. The number of hydrogen-bond donors (Lipinski definition) is 2. The molecule has 124 valence electrons. The van der Waals surface area contributed by atoms with Gasteiger partial charge in [-0.05, 0) is 31.5 Å². The molecule has 2 aromatic rings. The number of nitriles is 1. The Balaban J connectivity index is 1.71. The number of nitrogens with zero attached hydrogens (tertiary/aromatic N) is 4. The molecule has 24 heavy (non-hydrogen) atoms. The first-order chi connectivity index (χ1) is 11.7. The van der Waals surface area contributed by atoms with Crippen molar-refractivity contribution in [1.29, 1.82) is 5.26 Å². The summed E-state index contributed by atoms with van der Waals surface area (Å²) < 4.78 is 0. The maximum absolute atomic E-state index is 10.9. The van der Waals surface area contributed by atoms with Gasteiger partial charge in [0.2, 0.25) is 0 Å². The van der Waals surface area contributed by atoms with Gasteiger partial charge in [-0.15, -0.1) is 11.3 Å². The number of nitrogens with one attached hydrogen (secondary N) is 1. The maximum atomic E-state index is 10.9. The minimum atomic E-state index is -1.04. The van der Waals surface area contributed by atoms with Crippen molar-refractivity contribution in [3.05, 3.63) is 35.0 Å². The second-order valence-electron chi connectivity index (χ2n) is 5.65. The largest absolute Gasteiger partial charge is 0.476 e. The third-order valence-electron chi connectivity index (χ3n) is 3.95. The minimum absolute atomic E-state index is 0.0260. The number of thiazole rings is 1. The van der Waals surface area contributed by atoms with E-state index >= 15 is 0 Å². The topological polar surface area (TPSA) is 102 Å². The van der Waals surface area contributed by atoms with E-state index in [4.69, 9.17) is 10.4 Å². The molecule has 1 aliphatic heterocycles. The average Bonchev–Trinajstić information content (AvgIpc) is 3.04. The molecule has 0 bridgehead atoms. The second kappa shape index (κ2) is 7.38. The quantitative estimate of drug-likeness (QED) is 0.805. The first kappa shape index (κ1) is 16.4. The van der Waals surface area contributed by atoms with Gasteiger partial charge >= 0.3 is 5.97 Å². The third-order valence-corrected chi connectivity index (χ3v) is 4.70. The summed E-state index contributed by atoms with van der Waals surface area (Å²) >= 11 is 1.23. The second-order valence-corrected chi connectivity index (χ2v) is 6.51. The molecule has 1 fully saturated rings. The van der Waals surface area contributed by atoms with Crippen LogP contribution in [0.25, 0.3) is 0 Å². The molecule has 1 aliphatic rings. The Bertz CT molecular complexity index is 770. The molecule has 0 amide bonds. The molecular weight excluding hydrogens is 326 g/mol. The Hall–Kier alpha value is -2.50. The summed E-state index contributed by atoms with van der Waals surface area (Å²) in [6.45, 7) is 2.25. The van der Waals surface area contributed by atoms with Crippen LogP contribution >= 0.6 is 11.3 Å². The Morgan fingerprint density at radius 1 is 1.50 bits per heavy atom. The van der Waals surface area contributed by atoms with Gasteiger partial charge < -0.3 is 10.4 Å². The van der Waals surface area contributed by atoms with Crippen LogP contribution in [0.3, 0.4) is 0 Å². The highest BCUT2D eigenvalue weighted by Gasteiger charge is 2.22. The normalized spacial score (nSPS) is 18.0. The number of pyridine rings is 1. The molecular formula is C16H17N5O2S. The minimum Gasteiger partial charge on any atom is -0.476 e. The van der Waals surface area contributed by atoms with Crippen LogP contribution in [-0.2, 0) is 0 Å². The summed E-state index contributed by atoms with van der Waals surface area (Å²) in [5, 5.41) is 22.8. The Morgan fingerprint density at radius 3 is 3.12 bits per heavy atom. The van der Waals surface area contributed by atoms with E-state index in [-0.39, 0.29) is 5.69 Å². The summed E-state index contributed by atoms with van der Waals surface area (Å²) in [6.07, 6.45) is 2.11. The van der Waals surface area contributed by atoms with Gasteiger partial charge in [-0.2, -0.15) is 5.26 Å². The molecule has 0 spiro atoms. The van der Waals surface area contributed by atoms with Gasteiger partial charge in [0.1, 0.15) is 5.82 Å². The SMILES string of the molecule is N#CCN1CCCC(c2cccc(Nc3nc(C(=O)O)cs3)n2)C1. The first-order valence-electron chi connectivity index (χ1n) is 7.68. The molecule has 1 unspecified atom stereocenters. The zero-order valence-electron chi connectivity index (χ0n) is 13.0. The zero-order valence-corrected chi connectivity index (χ0v) is 13.8. The highest BCUT2D eigenvalue weighted by molar-refractivity contribution is 7.14. The number of hydrogen-bond acceptors (Lipinski definition) is 7. The highest BCUT2D eigenvalue weighted by atomic mass is 32.1. The number of aromatic carboxylic acids is 1. The van der Waals surface area contributed by atoms with E-state index in [1.165, 1.54) is 16.7 Å². The Kier molecular flexibility index (Phi) is 5.03. The summed E-state index contributed by atoms with van der Waals surface area (Å²) in [6, 6.07) is 7.96. The predicted octanol–water partition coefficient (Wildman–Crippen LogP) is 2.68. The van der Waals surface area contributed by atoms with Gasteiger partial charge in [-0.1, -0.05) is 6.07 Å². The van der Waals surface area contributed by atoms with E-state index in [0.29, 0.717) is 23.4 Å². The van der Waals surface area contributed by atoms with E-state index in [9.17, 15) is 4.79 Å². The molecule has 1 atom stereocenters. The molecule has 8 heteroatoms. The van der Waals surface area contributed by atoms with Crippen molar-refractivity contribution in [2.24, 2.45) is 0 Å². The average molecular weight is 343 g/mol. The molecule has 0 radical (unpaired) electrons. The van der Waals surface area contributed by atoms with Crippen LogP contribution in [0, 0.1) is 11.3 Å². The van der Waals surface area contributed by atoms with Crippen LogP contribution in [0.2, 0.25) is 0 Å². The molecule has 2 aromatic heterocycles. The number of carboxylic acids is 1. The lowest BCUT2D eigenvalue weighted by Gasteiger charge is -2.30. The molecule has 0 aliphatic carbocycles. The van der Waals surface area contributed by atoms with E-state index in [1.54, 1.807) is 0 Å². The Labute approximate surface area is 143 Å². The van der Waals surface area contributed by atoms with E-state index in [0.717, 1.165) is 31.6 Å². The van der Waals surface area contributed by atoms with Gasteiger partial charge in [0, 0.05) is 23.5 Å². The monoisotopic (exact) mass is 343 g/mol. The lowest BCUT2D eigenvalue weighted by atomic mass is 9.94. The van der Waals surface area contributed by atoms with Gasteiger partial charge in [0.25, 0.3) is 0 Å². The number of carbonyl (C=O) groups is 1. The van der Waals surface area contributed by atoms with Crippen molar-refractivity contribution in [2.75, 3.05) is 25.0 Å². The van der Waals surface area contributed by atoms with Crippen LogP contribution in [-0.4, -0.2) is 45.6 Å². The predicted molar refractivity (Wildman–Crippen MR) is 90.6 cm³/mol. The number of piperidine rings is 1. The lowest BCUT2D eigenvalue weighted by molar-refractivity contribution is 0.0691. The van der Waals surface area contributed by atoms with Gasteiger partial charge in [0.05, 0.1) is 12.6 Å². The van der Waals surface area contributed by atoms with Crippen LogP contribution < -0.4 is 5.32 Å². The van der Waals surface area contributed by atoms with E-state index in [2.05, 4.69) is 26.3 Å². The lowest BCUT2D eigenvalue weighted by Crippen LogP contribution is -2.34. The summed E-state index contributed by atoms with van der Waals surface area (Å²) in [4.78, 5) is 21.7. The highest BCUT2D eigenvalue weighted by Crippen LogP contribution is 2.27. The van der Waals surface area contributed by atoms with E-state index < -0.39 is 5.97 Å². The molecule has 3 heterocycles. The molecule has 7 nitrogen and oxygen atoms in total.